The normalized spacial score (nSPS) is 31.8. The molecule has 4 N–H and O–H groups in total. The van der Waals surface area contributed by atoms with Gasteiger partial charge in [0.05, 0.1) is 18.6 Å². The maximum Gasteiger partial charge on any atom is 0.309 e. The van der Waals surface area contributed by atoms with E-state index in [0.717, 1.165) is 17.6 Å². The van der Waals surface area contributed by atoms with E-state index in [-0.39, 0.29) is 37.0 Å². The summed E-state index contributed by atoms with van der Waals surface area (Å²) >= 11 is 0. The third kappa shape index (κ3) is 12.6. The zero-order valence-electron chi connectivity index (χ0n) is 24.8. The highest BCUT2D eigenvalue weighted by atomic mass is 16.6. The SMILES string of the molecule is CC(=O)O[C@H]1/C=C/[C@H](C)[C@@H](/C(C)=C/C=C/[C@H](C)C[C@@H](C)/C=C(\C)[C@H](O)[C@H](C)O)OC(=O)C[C@@H](O)CC[C@@]1(C)O. The number of allylic oxidation sites excluding steroid dienone is 4. The summed E-state index contributed by atoms with van der Waals surface area (Å²) in [5.41, 5.74) is 0.137. The first-order chi connectivity index (χ1) is 18.0. The summed E-state index contributed by atoms with van der Waals surface area (Å²) in [4.78, 5) is 24.3. The van der Waals surface area contributed by atoms with Crippen LogP contribution in [0.4, 0.5) is 0 Å². The van der Waals surface area contributed by atoms with Crippen LogP contribution in [0.15, 0.2) is 47.6 Å². The molecule has 1 aliphatic rings. The molecule has 0 saturated heterocycles. The second-order valence-electron chi connectivity index (χ2n) is 11.5. The van der Waals surface area contributed by atoms with Crippen molar-refractivity contribution in [2.24, 2.45) is 17.8 Å². The Morgan fingerprint density at radius 1 is 1.18 bits per heavy atom. The summed E-state index contributed by atoms with van der Waals surface area (Å²) in [5.74, 6) is -0.910. The molecule has 8 nitrogen and oxygen atoms in total. The van der Waals surface area contributed by atoms with E-state index >= 15 is 0 Å². The van der Waals surface area contributed by atoms with Crippen molar-refractivity contribution < 1.29 is 39.5 Å². The zero-order chi connectivity index (χ0) is 29.9. The second-order valence-corrected chi connectivity index (χ2v) is 11.5. The van der Waals surface area contributed by atoms with E-state index in [9.17, 15) is 30.0 Å². The Morgan fingerprint density at radius 2 is 1.82 bits per heavy atom. The number of aliphatic hydroxyl groups is 4. The molecule has 0 aromatic carbocycles. The van der Waals surface area contributed by atoms with E-state index in [1.54, 1.807) is 26.0 Å². The number of hydrogen-bond acceptors (Lipinski definition) is 8. The van der Waals surface area contributed by atoms with Gasteiger partial charge in [-0.25, -0.2) is 0 Å². The number of carbonyl (C=O) groups is 2. The van der Waals surface area contributed by atoms with E-state index in [2.05, 4.69) is 19.9 Å². The van der Waals surface area contributed by atoms with Gasteiger partial charge in [0.1, 0.15) is 23.9 Å². The summed E-state index contributed by atoms with van der Waals surface area (Å²) in [6.07, 6.45) is 7.99. The fourth-order valence-electron chi connectivity index (χ4n) is 4.78. The predicted octanol–water partition coefficient (Wildman–Crippen LogP) is 4.17. The van der Waals surface area contributed by atoms with Gasteiger partial charge in [-0.1, -0.05) is 51.2 Å². The van der Waals surface area contributed by atoms with E-state index in [1.165, 1.54) is 6.92 Å². The molecule has 0 radical (unpaired) electrons. The molecular weight excluding hydrogens is 500 g/mol. The van der Waals surface area contributed by atoms with Gasteiger partial charge in [0.15, 0.2) is 0 Å². The van der Waals surface area contributed by atoms with Crippen LogP contribution in [0.2, 0.25) is 0 Å². The minimum absolute atomic E-state index is 0.137. The summed E-state index contributed by atoms with van der Waals surface area (Å²) in [6.45, 7) is 14.1. The van der Waals surface area contributed by atoms with E-state index in [1.807, 2.05) is 39.0 Å². The number of esters is 2. The van der Waals surface area contributed by atoms with Crippen molar-refractivity contribution in [1.82, 2.24) is 0 Å². The van der Waals surface area contributed by atoms with Gasteiger partial charge in [-0.15, -0.1) is 0 Å². The Bertz CT molecular complexity index is 914. The van der Waals surface area contributed by atoms with Gasteiger partial charge >= 0.3 is 11.9 Å². The van der Waals surface area contributed by atoms with Gasteiger partial charge in [0, 0.05) is 12.8 Å². The molecule has 0 fully saturated rings. The molecular formula is C31H50O8. The summed E-state index contributed by atoms with van der Waals surface area (Å²) in [6, 6.07) is 0. The molecule has 39 heavy (non-hydrogen) atoms. The molecule has 0 unspecified atom stereocenters. The standard InChI is InChI=1S/C31H50O8/c1-19(16-20(2)17-23(5)29(36)24(6)32)10-9-11-21(3)30-22(4)12-13-27(38-25(7)33)31(8,37)15-14-26(34)18-28(35)39-30/h9-13,17,19-20,22,24,26-27,29-30,32,34,36-37H,14-16,18H2,1-8H3/b10-9+,13-12+,21-11+,23-17+/t19-,20+,22-,24-,26-,27-,29-,30+,31+/m0/s1. The molecule has 0 aliphatic carbocycles. The molecule has 0 aromatic heterocycles. The van der Waals surface area contributed by atoms with Crippen molar-refractivity contribution in [3.05, 3.63) is 47.6 Å². The summed E-state index contributed by atoms with van der Waals surface area (Å²) in [7, 11) is 0. The van der Waals surface area contributed by atoms with Crippen LogP contribution in [0.25, 0.3) is 0 Å². The van der Waals surface area contributed by atoms with Crippen molar-refractivity contribution in [2.45, 2.75) is 117 Å². The Labute approximate surface area is 234 Å². The molecule has 0 spiro atoms. The first kappa shape index (κ1) is 34.8. The molecule has 0 saturated carbocycles. The smallest absolute Gasteiger partial charge is 0.309 e. The minimum Gasteiger partial charge on any atom is -0.457 e. The maximum absolute atomic E-state index is 12.6. The van der Waals surface area contributed by atoms with Crippen LogP contribution >= 0.6 is 0 Å². The Hall–Kier alpha value is -2.26. The lowest BCUT2D eigenvalue weighted by molar-refractivity contribution is -0.157. The van der Waals surface area contributed by atoms with Crippen molar-refractivity contribution in [1.29, 1.82) is 0 Å². The Morgan fingerprint density at radius 3 is 2.41 bits per heavy atom. The van der Waals surface area contributed by atoms with Crippen LogP contribution in [0.3, 0.4) is 0 Å². The fourth-order valence-corrected chi connectivity index (χ4v) is 4.78. The lowest BCUT2D eigenvalue weighted by Crippen LogP contribution is -2.42. The van der Waals surface area contributed by atoms with Crippen LogP contribution in [-0.4, -0.2) is 68.5 Å². The quantitative estimate of drug-likeness (QED) is 0.191. The number of cyclic esters (lactones) is 1. The van der Waals surface area contributed by atoms with Crippen LogP contribution in [0.1, 0.15) is 81.1 Å². The van der Waals surface area contributed by atoms with Gasteiger partial charge < -0.3 is 29.9 Å². The highest BCUT2D eigenvalue weighted by Gasteiger charge is 2.35. The maximum atomic E-state index is 12.6. The lowest BCUT2D eigenvalue weighted by atomic mass is 9.88. The molecule has 0 aromatic rings. The highest BCUT2D eigenvalue weighted by Crippen LogP contribution is 2.27. The van der Waals surface area contributed by atoms with Crippen molar-refractivity contribution in [3.63, 3.8) is 0 Å². The van der Waals surface area contributed by atoms with Crippen molar-refractivity contribution in [3.8, 4) is 0 Å². The highest BCUT2D eigenvalue weighted by molar-refractivity contribution is 5.70. The Kier molecular flexibility index (Phi) is 14.4. The van der Waals surface area contributed by atoms with E-state index in [0.29, 0.717) is 0 Å². The first-order valence-electron chi connectivity index (χ1n) is 13.9. The largest absolute Gasteiger partial charge is 0.457 e. The molecule has 0 amide bonds. The van der Waals surface area contributed by atoms with Crippen LogP contribution in [-0.2, 0) is 19.1 Å². The minimum atomic E-state index is -1.41. The third-order valence-corrected chi connectivity index (χ3v) is 7.08. The number of aliphatic hydroxyl groups excluding tert-OH is 3. The molecule has 222 valence electrons. The van der Waals surface area contributed by atoms with Crippen LogP contribution in [0.5, 0.6) is 0 Å². The number of hydrogen-bond donors (Lipinski definition) is 4. The number of rotatable bonds is 9. The lowest BCUT2D eigenvalue weighted by Gasteiger charge is -2.32. The summed E-state index contributed by atoms with van der Waals surface area (Å²) in [5, 5.41) is 40.9. The van der Waals surface area contributed by atoms with E-state index in [4.69, 9.17) is 9.47 Å². The van der Waals surface area contributed by atoms with Gasteiger partial charge in [-0.2, -0.15) is 0 Å². The van der Waals surface area contributed by atoms with Crippen molar-refractivity contribution >= 4 is 11.9 Å². The van der Waals surface area contributed by atoms with Gasteiger partial charge in [-0.05, 0) is 76.0 Å². The monoisotopic (exact) mass is 550 g/mol. The molecule has 1 aliphatic heterocycles. The average Bonchev–Trinajstić information content (AvgIpc) is 2.81. The fraction of sp³-hybridized carbons (Fsp3) is 0.677. The van der Waals surface area contributed by atoms with Gasteiger partial charge in [0.2, 0.25) is 0 Å². The van der Waals surface area contributed by atoms with Crippen molar-refractivity contribution in [2.75, 3.05) is 0 Å². The molecule has 9 atom stereocenters. The predicted molar refractivity (Wildman–Crippen MR) is 152 cm³/mol. The zero-order valence-corrected chi connectivity index (χ0v) is 24.8. The number of carbonyl (C=O) groups excluding carboxylic acids is 2. The van der Waals surface area contributed by atoms with Crippen LogP contribution in [0, 0.1) is 17.8 Å². The van der Waals surface area contributed by atoms with Gasteiger partial charge in [-0.3, -0.25) is 9.59 Å². The molecule has 1 rings (SSSR count). The molecule has 1 heterocycles. The molecule has 0 bridgehead atoms. The topological polar surface area (TPSA) is 134 Å². The average molecular weight is 551 g/mol. The van der Waals surface area contributed by atoms with E-state index < -0.39 is 48.1 Å². The molecule has 8 heteroatoms. The first-order valence-corrected chi connectivity index (χ1v) is 13.9. The Balaban J connectivity index is 3.08. The van der Waals surface area contributed by atoms with Gasteiger partial charge in [0.25, 0.3) is 0 Å². The summed E-state index contributed by atoms with van der Waals surface area (Å²) < 4.78 is 11.1. The third-order valence-electron chi connectivity index (χ3n) is 7.08. The second kappa shape index (κ2) is 16.1. The van der Waals surface area contributed by atoms with Crippen LogP contribution < -0.4 is 0 Å². The number of ether oxygens (including phenoxy) is 2.